The number of nitrogens with one attached hydrogen (secondary N) is 1. The van der Waals surface area contributed by atoms with Crippen molar-refractivity contribution in [3.8, 4) is 0 Å². The molecule has 176 valence electrons. The largest absolute Gasteiger partial charge is 0.490 e. The van der Waals surface area contributed by atoms with E-state index in [9.17, 15) is 18.0 Å². The van der Waals surface area contributed by atoms with Crippen molar-refractivity contribution < 1.29 is 41.5 Å². The second-order valence-corrected chi connectivity index (χ2v) is 7.76. The fourth-order valence-corrected chi connectivity index (χ4v) is 3.97. The number of rotatable bonds is 5. The van der Waals surface area contributed by atoms with Crippen molar-refractivity contribution in [2.24, 2.45) is 5.41 Å². The molecular formula is C20H24F3N3O6. The van der Waals surface area contributed by atoms with Gasteiger partial charge in [-0.25, -0.2) is 4.79 Å². The SMILES string of the molecule is Cc1cc(CN2CC[C@H]3OCC[C@@]3(C(=O)NCc3ccco3)C2)no1.O=C(O)C(F)(F)F. The molecule has 4 rings (SSSR count). The Kier molecular flexibility index (Phi) is 7.24. The summed E-state index contributed by atoms with van der Waals surface area (Å²) in [5.41, 5.74) is 0.407. The van der Waals surface area contributed by atoms with Crippen molar-refractivity contribution in [3.63, 3.8) is 0 Å². The summed E-state index contributed by atoms with van der Waals surface area (Å²) in [6.07, 6.45) is -1.88. The number of halogens is 3. The Hall–Kier alpha value is -2.86. The van der Waals surface area contributed by atoms with Gasteiger partial charge in [0.1, 0.15) is 11.5 Å². The number of aryl methyl sites for hydroxylation is 1. The number of ether oxygens (including phenoxy) is 1. The van der Waals surface area contributed by atoms with E-state index in [0.29, 0.717) is 26.2 Å². The lowest BCUT2D eigenvalue weighted by Gasteiger charge is -2.42. The van der Waals surface area contributed by atoms with Gasteiger partial charge in [0.15, 0.2) is 0 Å². The van der Waals surface area contributed by atoms with Gasteiger partial charge in [-0.1, -0.05) is 5.16 Å². The summed E-state index contributed by atoms with van der Waals surface area (Å²) in [6.45, 7) is 5.18. The van der Waals surface area contributed by atoms with E-state index in [1.807, 2.05) is 25.1 Å². The number of nitrogens with zero attached hydrogens (tertiary/aromatic N) is 2. The second-order valence-electron chi connectivity index (χ2n) is 7.76. The van der Waals surface area contributed by atoms with Crippen molar-refractivity contribution >= 4 is 11.9 Å². The summed E-state index contributed by atoms with van der Waals surface area (Å²) < 4.78 is 48.1. The molecule has 0 unspecified atom stereocenters. The third-order valence-corrected chi connectivity index (χ3v) is 5.46. The van der Waals surface area contributed by atoms with Gasteiger partial charge in [-0.2, -0.15) is 13.2 Å². The third-order valence-electron chi connectivity index (χ3n) is 5.46. The Morgan fingerprint density at radius 3 is 2.75 bits per heavy atom. The maximum atomic E-state index is 13.0. The van der Waals surface area contributed by atoms with Gasteiger partial charge in [0.25, 0.3) is 0 Å². The maximum Gasteiger partial charge on any atom is 0.490 e. The summed E-state index contributed by atoms with van der Waals surface area (Å²) in [4.78, 5) is 24.2. The zero-order chi connectivity index (χ0) is 23.4. The van der Waals surface area contributed by atoms with Crippen LogP contribution in [0.1, 0.15) is 30.1 Å². The zero-order valence-electron chi connectivity index (χ0n) is 17.4. The minimum absolute atomic E-state index is 0.0144. The first-order chi connectivity index (χ1) is 15.1. The molecule has 2 N–H and O–H groups in total. The number of alkyl halides is 3. The van der Waals surface area contributed by atoms with E-state index >= 15 is 0 Å². The molecule has 0 aliphatic carbocycles. The van der Waals surface area contributed by atoms with Gasteiger partial charge >= 0.3 is 12.1 Å². The van der Waals surface area contributed by atoms with Crippen LogP contribution >= 0.6 is 0 Å². The molecule has 0 radical (unpaired) electrons. The van der Waals surface area contributed by atoms with Gasteiger partial charge in [0, 0.05) is 32.3 Å². The summed E-state index contributed by atoms with van der Waals surface area (Å²) in [7, 11) is 0. The van der Waals surface area contributed by atoms with Crippen LogP contribution < -0.4 is 5.32 Å². The molecule has 0 bridgehead atoms. The molecule has 12 heteroatoms. The molecule has 2 saturated heterocycles. The van der Waals surface area contributed by atoms with Gasteiger partial charge in [-0.15, -0.1) is 0 Å². The molecule has 2 aliphatic rings. The second kappa shape index (κ2) is 9.74. The number of carbonyl (C=O) groups excluding carboxylic acids is 1. The van der Waals surface area contributed by atoms with Crippen LogP contribution in [0.3, 0.4) is 0 Å². The predicted molar refractivity (Wildman–Crippen MR) is 102 cm³/mol. The highest BCUT2D eigenvalue weighted by Gasteiger charge is 2.53. The van der Waals surface area contributed by atoms with Gasteiger partial charge < -0.3 is 24.1 Å². The molecule has 0 aromatic carbocycles. The number of furan rings is 1. The molecule has 2 fully saturated rings. The fourth-order valence-electron chi connectivity index (χ4n) is 3.97. The van der Waals surface area contributed by atoms with Crippen LogP contribution in [0.5, 0.6) is 0 Å². The van der Waals surface area contributed by atoms with Crippen LogP contribution in [-0.2, 0) is 27.4 Å². The lowest BCUT2D eigenvalue weighted by Crippen LogP contribution is -2.56. The van der Waals surface area contributed by atoms with Crippen molar-refractivity contribution in [2.75, 3.05) is 19.7 Å². The lowest BCUT2D eigenvalue weighted by atomic mass is 9.75. The number of aliphatic carboxylic acids is 1. The van der Waals surface area contributed by atoms with E-state index in [4.69, 9.17) is 23.6 Å². The zero-order valence-corrected chi connectivity index (χ0v) is 17.4. The standard InChI is InChI=1S/C18H23N3O4.C2HF3O2/c1-13-9-14(20-25-13)11-21-6-4-16-18(12-21,5-8-24-16)17(22)19-10-15-3-2-7-23-15;3-2(4,5)1(6)7/h2-3,7,9,16H,4-6,8,10-12H2,1H3,(H,19,22);(H,6,7)/t16-,18-;/m1./s1. The first-order valence-electron chi connectivity index (χ1n) is 9.97. The number of aromatic nitrogens is 1. The number of hydrogen-bond acceptors (Lipinski definition) is 7. The Labute approximate surface area is 181 Å². The van der Waals surface area contributed by atoms with Crippen molar-refractivity contribution in [1.29, 1.82) is 0 Å². The lowest BCUT2D eigenvalue weighted by molar-refractivity contribution is -0.192. The highest BCUT2D eigenvalue weighted by Crippen LogP contribution is 2.41. The van der Waals surface area contributed by atoms with E-state index < -0.39 is 17.6 Å². The van der Waals surface area contributed by atoms with Crippen molar-refractivity contribution in [3.05, 3.63) is 41.7 Å². The van der Waals surface area contributed by atoms with E-state index in [-0.39, 0.29) is 12.0 Å². The number of piperidine rings is 1. The van der Waals surface area contributed by atoms with Crippen LogP contribution in [-0.4, -0.2) is 59.0 Å². The highest BCUT2D eigenvalue weighted by atomic mass is 19.4. The molecule has 2 aromatic heterocycles. The smallest absolute Gasteiger partial charge is 0.475 e. The number of carboxylic acid groups (broad SMARTS) is 1. The Morgan fingerprint density at radius 2 is 2.16 bits per heavy atom. The highest BCUT2D eigenvalue weighted by molar-refractivity contribution is 5.84. The Balaban J connectivity index is 0.000000360. The molecule has 0 saturated carbocycles. The van der Waals surface area contributed by atoms with Crippen LogP contribution in [0, 0.1) is 12.3 Å². The molecular weight excluding hydrogens is 435 g/mol. The summed E-state index contributed by atoms with van der Waals surface area (Å²) in [6, 6.07) is 5.63. The maximum absolute atomic E-state index is 13.0. The minimum Gasteiger partial charge on any atom is -0.475 e. The van der Waals surface area contributed by atoms with E-state index in [1.54, 1.807) is 6.26 Å². The van der Waals surface area contributed by atoms with Gasteiger partial charge in [-0.05, 0) is 31.9 Å². The summed E-state index contributed by atoms with van der Waals surface area (Å²) >= 11 is 0. The minimum atomic E-state index is -5.08. The predicted octanol–water partition coefficient (Wildman–Crippen LogP) is 2.51. The molecule has 0 spiro atoms. The van der Waals surface area contributed by atoms with Crippen molar-refractivity contribution in [1.82, 2.24) is 15.4 Å². The van der Waals surface area contributed by atoms with Gasteiger partial charge in [-0.3, -0.25) is 9.69 Å². The molecule has 1 amide bonds. The van der Waals surface area contributed by atoms with Gasteiger partial charge in [0.05, 0.1) is 30.0 Å². The third kappa shape index (κ3) is 5.68. The monoisotopic (exact) mass is 459 g/mol. The first-order valence-corrected chi connectivity index (χ1v) is 9.97. The van der Waals surface area contributed by atoms with E-state index in [1.165, 1.54) is 0 Å². The summed E-state index contributed by atoms with van der Waals surface area (Å²) in [5, 5.41) is 14.2. The average Bonchev–Trinajstić information content (AvgIpc) is 3.47. The van der Waals surface area contributed by atoms with E-state index in [0.717, 1.165) is 36.6 Å². The Bertz CT molecular complexity index is 914. The molecule has 2 aromatic rings. The molecule has 2 aliphatic heterocycles. The number of carbonyl (C=O) groups is 2. The molecule has 2 atom stereocenters. The van der Waals surface area contributed by atoms with Crippen LogP contribution in [0.15, 0.2) is 33.4 Å². The normalized spacial score (nSPS) is 23.2. The number of likely N-dealkylation sites (tertiary alicyclic amines) is 1. The van der Waals surface area contributed by atoms with Crippen LogP contribution in [0.4, 0.5) is 13.2 Å². The van der Waals surface area contributed by atoms with Crippen LogP contribution in [0.25, 0.3) is 0 Å². The summed E-state index contributed by atoms with van der Waals surface area (Å²) in [5.74, 6) is -1.15. The van der Waals surface area contributed by atoms with E-state index in [2.05, 4.69) is 15.4 Å². The number of fused-ring (bicyclic) bond motifs is 1. The van der Waals surface area contributed by atoms with Crippen molar-refractivity contribution in [2.45, 2.75) is 45.1 Å². The average molecular weight is 459 g/mol. The number of carboxylic acids is 1. The molecule has 9 nitrogen and oxygen atoms in total. The Morgan fingerprint density at radius 1 is 1.41 bits per heavy atom. The topological polar surface area (TPSA) is 118 Å². The quantitative estimate of drug-likeness (QED) is 0.700. The first kappa shape index (κ1) is 23.8. The molecule has 32 heavy (non-hydrogen) atoms. The number of hydrogen-bond donors (Lipinski definition) is 2. The molecule has 4 heterocycles. The number of amides is 1. The van der Waals surface area contributed by atoms with Gasteiger partial charge in [0.2, 0.25) is 5.91 Å². The fraction of sp³-hybridized carbons (Fsp3) is 0.550. The van der Waals surface area contributed by atoms with Crippen LogP contribution in [0.2, 0.25) is 0 Å².